The first kappa shape index (κ1) is 21.9. The minimum Gasteiger partial charge on any atom is -0.483 e. The van der Waals surface area contributed by atoms with E-state index in [9.17, 15) is 9.59 Å². The Bertz CT molecular complexity index is 729. The van der Waals surface area contributed by atoms with Gasteiger partial charge in [0.15, 0.2) is 6.61 Å². The van der Waals surface area contributed by atoms with E-state index >= 15 is 0 Å². The molecule has 0 aliphatic carbocycles. The molecule has 0 bridgehead atoms. The van der Waals surface area contributed by atoms with E-state index in [4.69, 9.17) is 4.74 Å². The number of amides is 2. The smallest absolute Gasteiger partial charge is 0.260 e. The number of nitrogens with one attached hydrogen (secondary N) is 1. The molecule has 2 amide bonds. The Labute approximate surface area is 179 Å². The van der Waals surface area contributed by atoms with Gasteiger partial charge < -0.3 is 19.9 Å². The van der Waals surface area contributed by atoms with Crippen LogP contribution in [0.1, 0.15) is 40.7 Å². The van der Waals surface area contributed by atoms with Gasteiger partial charge in [0.2, 0.25) is 0 Å². The number of aryl methyl sites for hydroxylation is 2. The Morgan fingerprint density at radius 3 is 2.17 bits per heavy atom. The van der Waals surface area contributed by atoms with Gasteiger partial charge in [-0.2, -0.15) is 0 Å². The van der Waals surface area contributed by atoms with E-state index in [0.717, 1.165) is 74.6 Å². The van der Waals surface area contributed by atoms with Crippen LogP contribution in [-0.2, 0) is 4.79 Å². The first-order valence-corrected chi connectivity index (χ1v) is 10.5. The fourth-order valence-corrected chi connectivity index (χ4v) is 4.87. The van der Waals surface area contributed by atoms with Crippen LogP contribution in [0.5, 0.6) is 5.75 Å². The van der Waals surface area contributed by atoms with Crippen molar-refractivity contribution in [2.45, 2.75) is 33.1 Å². The van der Waals surface area contributed by atoms with Crippen molar-refractivity contribution in [2.75, 3.05) is 45.9 Å². The van der Waals surface area contributed by atoms with Crippen LogP contribution in [0, 0.1) is 25.7 Å². The van der Waals surface area contributed by atoms with E-state index in [1.807, 2.05) is 35.8 Å². The highest BCUT2D eigenvalue weighted by atomic mass is 35.5. The molecule has 7 heteroatoms. The number of piperidine rings is 1. The number of carbonyl (C=O) groups is 2. The lowest BCUT2D eigenvalue weighted by Gasteiger charge is -2.27. The minimum atomic E-state index is 0. The molecule has 3 saturated heterocycles. The molecule has 4 rings (SSSR count). The van der Waals surface area contributed by atoms with E-state index < -0.39 is 0 Å². The molecular formula is C22H32ClN3O3. The van der Waals surface area contributed by atoms with E-state index in [0.29, 0.717) is 11.8 Å². The number of hydrogen-bond donors (Lipinski definition) is 1. The lowest BCUT2D eigenvalue weighted by atomic mass is 10.0. The van der Waals surface area contributed by atoms with Gasteiger partial charge in [0, 0.05) is 44.8 Å². The molecule has 0 saturated carbocycles. The zero-order chi connectivity index (χ0) is 19.7. The molecule has 0 radical (unpaired) electrons. The van der Waals surface area contributed by atoms with Crippen molar-refractivity contribution in [3.8, 4) is 5.75 Å². The number of ether oxygens (including phenoxy) is 1. The van der Waals surface area contributed by atoms with Gasteiger partial charge in [0.05, 0.1) is 0 Å². The second-order valence-electron chi connectivity index (χ2n) is 8.56. The van der Waals surface area contributed by atoms with E-state index in [1.165, 1.54) is 6.42 Å². The molecule has 160 valence electrons. The number of carbonyl (C=O) groups excluding carboxylic acids is 2. The summed E-state index contributed by atoms with van der Waals surface area (Å²) in [6.45, 7) is 9.36. The third kappa shape index (κ3) is 4.69. The molecule has 1 N–H and O–H groups in total. The SMILES string of the molecule is Cc1cc(C(=O)N2C[C@H]3CNC[C@H]3C2)cc(C)c1OCC(=O)N1CCCCC1.Cl. The predicted molar refractivity (Wildman–Crippen MR) is 115 cm³/mol. The van der Waals surface area contributed by atoms with Crippen LogP contribution in [0.2, 0.25) is 0 Å². The van der Waals surface area contributed by atoms with E-state index in [-0.39, 0.29) is 30.8 Å². The molecule has 0 aromatic heterocycles. The zero-order valence-electron chi connectivity index (χ0n) is 17.4. The van der Waals surface area contributed by atoms with Crippen molar-refractivity contribution in [3.05, 3.63) is 28.8 Å². The van der Waals surface area contributed by atoms with Crippen LogP contribution in [0.3, 0.4) is 0 Å². The summed E-state index contributed by atoms with van der Waals surface area (Å²) in [6.07, 6.45) is 3.36. The summed E-state index contributed by atoms with van der Waals surface area (Å²) >= 11 is 0. The molecule has 29 heavy (non-hydrogen) atoms. The first-order chi connectivity index (χ1) is 13.5. The fraction of sp³-hybridized carbons (Fsp3) is 0.636. The highest BCUT2D eigenvalue weighted by Gasteiger charge is 2.38. The fourth-order valence-electron chi connectivity index (χ4n) is 4.87. The van der Waals surface area contributed by atoms with Gasteiger partial charge in [-0.25, -0.2) is 0 Å². The number of hydrogen-bond acceptors (Lipinski definition) is 4. The number of halogens is 1. The van der Waals surface area contributed by atoms with Crippen molar-refractivity contribution in [2.24, 2.45) is 11.8 Å². The Hall–Kier alpha value is -1.79. The van der Waals surface area contributed by atoms with Gasteiger partial charge >= 0.3 is 0 Å². The van der Waals surface area contributed by atoms with Gasteiger partial charge in [0.1, 0.15) is 5.75 Å². The third-order valence-corrected chi connectivity index (χ3v) is 6.43. The van der Waals surface area contributed by atoms with Crippen molar-refractivity contribution >= 4 is 24.2 Å². The minimum absolute atomic E-state index is 0. The number of benzene rings is 1. The van der Waals surface area contributed by atoms with Gasteiger partial charge in [-0.15, -0.1) is 12.4 Å². The van der Waals surface area contributed by atoms with Crippen LogP contribution in [0.4, 0.5) is 0 Å². The Morgan fingerprint density at radius 1 is 1.00 bits per heavy atom. The maximum absolute atomic E-state index is 13.0. The summed E-state index contributed by atoms with van der Waals surface area (Å²) in [5.41, 5.74) is 2.55. The van der Waals surface area contributed by atoms with Gasteiger partial charge in [-0.05, 0) is 68.2 Å². The number of nitrogens with zero attached hydrogens (tertiary/aromatic N) is 2. The summed E-state index contributed by atoms with van der Waals surface area (Å²) in [5.74, 6) is 2.07. The normalized spacial score (nSPS) is 23.5. The Balaban J connectivity index is 0.00000240. The topological polar surface area (TPSA) is 61.9 Å². The number of likely N-dealkylation sites (tertiary alicyclic amines) is 2. The van der Waals surface area contributed by atoms with Gasteiger partial charge in [0.25, 0.3) is 11.8 Å². The van der Waals surface area contributed by atoms with Crippen molar-refractivity contribution in [3.63, 3.8) is 0 Å². The number of fused-ring (bicyclic) bond motifs is 1. The Morgan fingerprint density at radius 2 is 1.59 bits per heavy atom. The molecule has 2 atom stereocenters. The van der Waals surface area contributed by atoms with Crippen LogP contribution < -0.4 is 10.1 Å². The largest absolute Gasteiger partial charge is 0.483 e. The van der Waals surface area contributed by atoms with Crippen LogP contribution in [0.15, 0.2) is 12.1 Å². The second kappa shape index (κ2) is 9.35. The van der Waals surface area contributed by atoms with Gasteiger partial charge in [-0.3, -0.25) is 9.59 Å². The standard InChI is InChI=1S/C22H31N3O3.ClH/c1-15-8-17(22(27)25-12-18-10-23-11-19(18)13-25)9-16(2)21(15)28-14-20(26)24-6-4-3-5-7-24;/h8-9,18-19,23H,3-7,10-14H2,1-2H3;1H/t18-,19+;. The van der Waals surface area contributed by atoms with Crippen LogP contribution in [0.25, 0.3) is 0 Å². The average Bonchev–Trinajstić information content (AvgIpc) is 3.29. The maximum atomic E-state index is 13.0. The summed E-state index contributed by atoms with van der Waals surface area (Å²) in [5, 5.41) is 3.41. The molecule has 1 aromatic rings. The molecule has 0 spiro atoms. The van der Waals surface area contributed by atoms with Crippen molar-refractivity contribution < 1.29 is 14.3 Å². The van der Waals surface area contributed by atoms with E-state index in [1.54, 1.807) is 0 Å². The third-order valence-electron chi connectivity index (χ3n) is 6.43. The molecule has 0 unspecified atom stereocenters. The first-order valence-electron chi connectivity index (χ1n) is 10.5. The molecule has 3 fully saturated rings. The summed E-state index contributed by atoms with van der Waals surface area (Å²) in [6, 6.07) is 3.81. The highest BCUT2D eigenvalue weighted by molar-refractivity contribution is 5.95. The highest BCUT2D eigenvalue weighted by Crippen LogP contribution is 2.30. The molecule has 3 aliphatic rings. The van der Waals surface area contributed by atoms with Crippen molar-refractivity contribution in [1.29, 1.82) is 0 Å². The predicted octanol–water partition coefficient (Wildman–Crippen LogP) is 2.41. The summed E-state index contributed by atoms with van der Waals surface area (Å²) in [4.78, 5) is 29.2. The Kier molecular flexibility index (Phi) is 7.06. The lowest BCUT2D eigenvalue weighted by molar-refractivity contribution is -0.134. The van der Waals surface area contributed by atoms with E-state index in [2.05, 4.69) is 5.32 Å². The monoisotopic (exact) mass is 421 g/mol. The number of rotatable bonds is 4. The van der Waals surface area contributed by atoms with Gasteiger partial charge in [-0.1, -0.05) is 0 Å². The van der Waals surface area contributed by atoms with Crippen LogP contribution in [-0.4, -0.2) is 67.5 Å². The summed E-state index contributed by atoms with van der Waals surface area (Å²) in [7, 11) is 0. The maximum Gasteiger partial charge on any atom is 0.260 e. The molecular weight excluding hydrogens is 390 g/mol. The molecule has 6 nitrogen and oxygen atoms in total. The second-order valence-corrected chi connectivity index (χ2v) is 8.56. The zero-order valence-corrected chi connectivity index (χ0v) is 18.2. The molecule has 1 aromatic carbocycles. The molecule has 3 aliphatic heterocycles. The lowest BCUT2D eigenvalue weighted by Crippen LogP contribution is -2.38. The average molecular weight is 422 g/mol. The quantitative estimate of drug-likeness (QED) is 0.810. The van der Waals surface area contributed by atoms with Crippen LogP contribution >= 0.6 is 12.4 Å². The summed E-state index contributed by atoms with van der Waals surface area (Å²) < 4.78 is 5.88. The van der Waals surface area contributed by atoms with Crippen molar-refractivity contribution in [1.82, 2.24) is 15.1 Å². The molecule has 3 heterocycles.